The molecule has 1 fully saturated rings. The number of hydrogen-bond donors (Lipinski definition) is 2. The Kier molecular flexibility index (Phi) is 7.09. The molecule has 2 aromatic rings. The van der Waals surface area contributed by atoms with Crippen LogP contribution < -0.4 is 5.32 Å². The van der Waals surface area contributed by atoms with Gasteiger partial charge in [-0.15, -0.1) is 0 Å². The summed E-state index contributed by atoms with van der Waals surface area (Å²) in [7, 11) is 0. The Labute approximate surface area is 173 Å². The van der Waals surface area contributed by atoms with Crippen LogP contribution in [0.1, 0.15) is 48.2 Å². The van der Waals surface area contributed by atoms with Gasteiger partial charge in [0.2, 0.25) is 0 Å². The van der Waals surface area contributed by atoms with Gasteiger partial charge in [-0.1, -0.05) is 42.2 Å². The highest BCUT2D eigenvalue weighted by molar-refractivity contribution is 5.94. The lowest BCUT2D eigenvalue weighted by molar-refractivity contribution is 0.0904. The number of likely N-dealkylation sites (tertiary alicyclic amines) is 1. The normalized spacial score (nSPS) is 17.3. The van der Waals surface area contributed by atoms with E-state index in [0.717, 1.165) is 44.5 Å². The Hall–Kier alpha value is -2.61. The number of carbonyl (C=O) groups excluding carboxylic acids is 1. The molecule has 0 spiro atoms. The molecule has 2 N–H and O–H groups in total. The molecule has 1 heterocycles. The third-order valence-corrected chi connectivity index (χ3v) is 5.06. The SMILES string of the molecule is CC(C)(O)C#Cc1ccc(C(=O)NC2CCCN(CCc3ccccc3)C2)cc1. The first kappa shape index (κ1) is 21.1. The first-order chi connectivity index (χ1) is 13.9. The predicted octanol–water partition coefficient (Wildman–Crippen LogP) is 3.25. The van der Waals surface area contributed by atoms with Crippen molar-refractivity contribution in [2.24, 2.45) is 0 Å². The minimum atomic E-state index is -1.02. The van der Waals surface area contributed by atoms with E-state index in [1.54, 1.807) is 26.0 Å². The molecule has 0 aromatic heterocycles. The van der Waals surface area contributed by atoms with Crippen LogP contribution in [0.5, 0.6) is 0 Å². The van der Waals surface area contributed by atoms with Crippen LogP contribution in [-0.4, -0.2) is 47.2 Å². The summed E-state index contributed by atoms with van der Waals surface area (Å²) < 4.78 is 0. The highest BCUT2D eigenvalue weighted by Gasteiger charge is 2.21. The van der Waals surface area contributed by atoms with Crippen molar-refractivity contribution in [3.8, 4) is 11.8 Å². The van der Waals surface area contributed by atoms with Gasteiger partial charge in [0, 0.05) is 30.3 Å². The van der Waals surface area contributed by atoms with Crippen LogP contribution in [0.15, 0.2) is 54.6 Å². The molecule has 152 valence electrons. The number of nitrogens with one attached hydrogen (secondary N) is 1. The fourth-order valence-corrected chi connectivity index (χ4v) is 3.51. The number of piperidine rings is 1. The van der Waals surface area contributed by atoms with Gasteiger partial charge in [-0.3, -0.25) is 4.79 Å². The van der Waals surface area contributed by atoms with Gasteiger partial charge in [0.05, 0.1) is 0 Å². The van der Waals surface area contributed by atoms with Crippen LogP contribution in [0, 0.1) is 11.8 Å². The van der Waals surface area contributed by atoms with E-state index in [9.17, 15) is 9.90 Å². The average molecular weight is 391 g/mol. The van der Waals surface area contributed by atoms with Crippen molar-refractivity contribution in [2.45, 2.75) is 44.8 Å². The molecule has 4 heteroatoms. The maximum Gasteiger partial charge on any atom is 0.251 e. The van der Waals surface area contributed by atoms with Gasteiger partial charge in [-0.05, 0) is 69.5 Å². The second-order valence-corrected chi connectivity index (χ2v) is 8.24. The van der Waals surface area contributed by atoms with E-state index in [2.05, 4.69) is 46.3 Å². The molecular formula is C25H30N2O2. The molecule has 1 amide bonds. The Balaban J connectivity index is 1.51. The summed E-state index contributed by atoms with van der Waals surface area (Å²) >= 11 is 0. The molecular weight excluding hydrogens is 360 g/mol. The van der Waals surface area contributed by atoms with Crippen LogP contribution in [0.2, 0.25) is 0 Å². The largest absolute Gasteiger partial charge is 0.378 e. The second kappa shape index (κ2) is 9.73. The number of benzene rings is 2. The molecule has 0 saturated carbocycles. The van der Waals surface area contributed by atoms with E-state index >= 15 is 0 Å². The van der Waals surface area contributed by atoms with E-state index in [1.165, 1.54) is 5.56 Å². The number of hydrogen-bond acceptors (Lipinski definition) is 3. The van der Waals surface area contributed by atoms with Crippen LogP contribution >= 0.6 is 0 Å². The first-order valence-electron chi connectivity index (χ1n) is 10.3. The first-order valence-corrected chi connectivity index (χ1v) is 10.3. The van der Waals surface area contributed by atoms with Crippen molar-refractivity contribution in [1.82, 2.24) is 10.2 Å². The van der Waals surface area contributed by atoms with Crippen molar-refractivity contribution in [1.29, 1.82) is 0 Å². The summed E-state index contributed by atoms with van der Waals surface area (Å²) in [5.41, 5.74) is 1.75. The van der Waals surface area contributed by atoms with Gasteiger partial charge < -0.3 is 15.3 Å². The fourth-order valence-electron chi connectivity index (χ4n) is 3.51. The lowest BCUT2D eigenvalue weighted by Gasteiger charge is -2.33. The standard InChI is InChI=1S/C25H30N2O2/c1-25(2,29)16-14-21-10-12-22(13-11-21)24(28)26-23-9-6-17-27(19-23)18-15-20-7-4-3-5-8-20/h3-5,7-8,10-13,23,29H,6,9,15,17-19H2,1-2H3,(H,26,28). The summed E-state index contributed by atoms with van der Waals surface area (Å²) in [6, 6.07) is 17.9. The van der Waals surface area contributed by atoms with Crippen molar-refractivity contribution in [2.75, 3.05) is 19.6 Å². The maximum absolute atomic E-state index is 12.6. The quantitative estimate of drug-likeness (QED) is 0.771. The van der Waals surface area contributed by atoms with Gasteiger partial charge in [-0.25, -0.2) is 0 Å². The fraction of sp³-hybridized carbons (Fsp3) is 0.400. The Bertz CT molecular complexity index is 858. The molecule has 1 saturated heterocycles. The van der Waals surface area contributed by atoms with Crippen molar-refractivity contribution >= 4 is 5.91 Å². The van der Waals surface area contributed by atoms with E-state index in [-0.39, 0.29) is 11.9 Å². The molecule has 29 heavy (non-hydrogen) atoms. The molecule has 1 atom stereocenters. The van der Waals surface area contributed by atoms with Gasteiger partial charge in [0.25, 0.3) is 5.91 Å². The number of nitrogens with zero attached hydrogens (tertiary/aromatic N) is 1. The highest BCUT2D eigenvalue weighted by atomic mass is 16.3. The lowest BCUT2D eigenvalue weighted by Crippen LogP contribution is -2.48. The highest BCUT2D eigenvalue weighted by Crippen LogP contribution is 2.13. The zero-order valence-corrected chi connectivity index (χ0v) is 17.3. The smallest absolute Gasteiger partial charge is 0.251 e. The zero-order valence-electron chi connectivity index (χ0n) is 17.3. The maximum atomic E-state index is 12.6. The zero-order chi connectivity index (χ0) is 20.7. The van der Waals surface area contributed by atoms with Gasteiger partial charge in [0.15, 0.2) is 0 Å². The monoisotopic (exact) mass is 390 g/mol. The Morgan fingerprint density at radius 3 is 2.59 bits per heavy atom. The minimum Gasteiger partial charge on any atom is -0.378 e. The lowest BCUT2D eigenvalue weighted by atomic mass is 10.0. The summed E-state index contributed by atoms with van der Waals surface area (Å²) in [4.78, 5) is 15.1. The van der Waals surface area contributed by atoms with E-state index in [4.69, 9.17) is 0 Å². The molecule has 3 rings (SSSR count). The molecule has 0 radical (unpaired) electrons. The second-order valence-electron chi connectivity index (χ2n) is 8.24. The molecule has 4 nitrogen and oxygen atoms in total. The topological polar surface area (TPSA) is 52.6 Å². The van der Waals surface area contributed by atoms with Crippen molar-refractivity contribution < 1.29 is 9.90 Å². The molecule has 0 bridgehead atoms. The number of aliphatic hydroxyl groups is 1. The number of amides is 1. The molecule has 0 aliphatic carbocycles. The van der Waals surface area contributed by atoms with E-state index < -0.39 is 5.60 Å². The summed E-state index contributed by atoms with van der Waals surface area (Å²) in [6.07, 6.45) is 3.16. The molecule has 1 unspecified atom stereocenters. The van der Waals surface area contributed by atoms with Crippen molar-refractivity contribution in [3.63, 3.8) is 0 Å². The summed E-state index contributed by atoms with van der Waals surface area (Å²) in [6.45, 7) is 6.30. The van der Waals surface area contributed by atoms with Crippen LogP contribution in [-0.2, 0) is 6.42 Å². The number of carbonyl (C=O) groups is 1. The van der Waals surface area contributed by atoms with Gasteiger partial charge in [-0.2, -0.15) is 0 Å². The Morgan fingerprint density at radius 1 is 1.17 bits per heavy atom. The Morgan fingerprint density at radius 2 is 1.90 bits per heavy atom. The van der Waals surface area contributed by atoms with Crippen LogP contribution in [0.25, 0.3) is 0 Å². The molecule has 1 aliphatic rings. The van der Waals surface area contributed by atoms with E-state index in [0.29, 0.717) is 5.56 Å². The summed E-state index contributed by atoms with van der Waals surface area (Å²) in [5.74, 6) is 5.67. The third-order valence-electron chi connectivity index (χ3n) is 5.06. The van der Waals surface area contributed by atoms with Gasteiger partial charge in [0.1, 0.15) is 5.60 Å². The third kappa shape index (κ3) is 7.05. The molecule has 1 aliphatic heterocycles. The summed E-state index contributed by atoms with van der Waals surface area (Å²) in [5, 5.41) is 12.9. The van der Waals surface area contributed by atoms with Gasteiger partial charge >= 0.3 is 0 Å². The minimum absolute atomic E-state index is 0.0399. The average Bonchev–Trinajstić information content (AvgIpc) is 2.72. The van der Waals surface area contributed by atoms with Crippen LogP contribution in [0.3, 0.4) is 0 Å². The van der Waals surface area contributed by atoms with E-state index in [1.807, 2.05) is 18.2 Å². The predicted molar refractivity (Wildman–Crippen MR) is 117 cm³/mol. The molecule has 2 aromatic carbocycles. The van der Waals surface area contributed by atoms with Crippen molar-refractivity contribution in [3.05, 3.63) is 71.3 Å². The number of rotatable bonds is 5. The van der Waals surface area contributed by atoms with Crippen LogP contribution in [0.4, 0.5) is 0 Å².